The lowest BCUT2D eigenvalue weighted by Crippen LogP contribution is -2.18. The number of hydrogen-bond donors (Lipinski definition) is 1. The summed E-state index contributed by atoms with van der Waals surface area (Å²) in [5.74, 6) is 0.493. The lowest BCUT2D eigenvalue weighted by Gasteiger charge is -2.07. The van der Waals surface area contributed by atoms with Crippen LogP contribution in [0.15, 0.2) is 11.2 Å². The van der Waals surface area contributed by atoms with Gasteiger partial charge in [0.1, 0.15) is 5.03 Å². The molecule has 0 aliphatic carbocycles. The Morgan fingerprint density at radius 3 is 2.67 bits per heavy atom. The van der Waals surface area contributed by atoms with Crippen LogP contribution in [0.3, 0.4) is 0 Å². The number of nitro groups is 1. The molecular weight excluding hydrogens is 176 g/mol. The second-order valence-corrected chi connectivity index (χ2v) is 3.61. The number of nitrogens with one attached hydrogen (secondary N) is 1. The maximum atomic E-state index is 10.1. The molecule has 0 fully saturated rings. The summed E-state index contributed by atoms with van der Waals surface area (Å²) in [5.41, 5.74) is 0. The molecule has 0 saturated carbocycles. The molecule has 0 aliphatic rings. The zero-order valence-electron chi connectivity index (χ0n) is 7.53. The van der Waals surface area contributed by atoms with E-state index in [0.29, 0.717) is 10.9 Å². The average molecular weight is 190 g/mol. The molecule has 0 aromatic heterocycles. The molecule has 0 spiro atoms. The fourth-order valence-corrected chi connectivity index (χ4v) is 0.990. The van der Waals surface area contributed by atoms with Crippen molar-refractivity contribution in [1.82, 2.24) is 5.32 Å². The van der Waals surface area contributed by atoms with Gasteiger partial charge in [-0.25, -0.2) is 0 Å². The van der Waals surface area contributed by atoms with Crippen molar-refractivity contribution in [1.29, 1.82) is 0 Å². The minimum atomic E-state index is -0.445. The highest BCUT2D eigenvalue weighted by molar-refractivity contribution is 8.02. The molecule has 4 nitrogen and oxygen atoms in total. The lowest BCUT2D eigenvalue weighted by molar-refractivity contribution is -0.403. The van der Waals surface area contributed by atoms with Crippen LogP contribution in [0.5, 0.6) is 0 Å². The van der Waals surface area contributed by atoms with E-state index >= 15 is 0 Å². The van der Waals surface area contributed by atoms with E-state index in [4.69, 9.17) is 0 Å². The van der Waals surface area contributed by atoms with Crippen molar-refractivity contribution >= 4 is 11.8 Å². The van der Waals surface area contributed by atoms with E-state index in [0.717, 1.165) is 12.7 Å². The van der Waals surface area contributed by atoms with E-state index in [1.807, 2.05) is 6.26 Å². The molecule has 0 aliphatic heterocycles. The predicted molar refractivity (Wildman–Crippen MR) is 51.4 cm³/mol. The SMILES string of the molecule is CSC(=C[N+](=O)[O-])NCC(C)C. The summed E-state index contributed by atoms with van der Waals surface area (Å²) in [6, 6.07) is 0. The van der Waals surface area contributed by atoms with Crippen LogP contribution in [0, 0.1) is 16.0 Å². The van der Waals surface area contributed by atoms with Crippen molar-refractivity contribution in [2.24, 2.45) is 5.92 Å². The molecular formula is C7H14N2O2S. The Bertz CT molecular complexity index is 180. The van der Waals surface area contributed by atoms with Crippen molar-refractivity contribution in [3.05, 3.63) is 21.3 Å². The van der Waals surface area contributed by atoms with Crippen LogP contribution in [0.4, 0.5) is 0 Å². The van der Waals surface area contributed by atoms with Crippen LogP contribution in [0.1, 0.15) is 13.8 Å². The average Bonchev–Trinajstić information content (AvgIpc) is 1.97. The zero-order chi connectivity index (χ0) is 9.56. The van der Waals surface area contributed by atoms with E-state index in [2.05, 4.69) is 19.2 Å². The van der Waals surface area contributed by atoms with Crippen LogP contribution < -0.4 is 5.32 Å². The first-order chi connectivity index (χ1) is 5.56. The van der Waals surface area contributed by atoms with E-state index in [1.165, 1.54) is 11.8 Å². The number of nitrogens with zero attached hydrogens (tertiary/aromatic N) is 1. The van der Waals surface area contributed by atoms with Gasteiger partial charge in [0, 0.05) is 6.54 Å². The monoisotopic (exact) mass is 190 g/mol. The van der Waals surface area contributed by atoms with Gasteiger partial charge in [-0.2, -0.15) is 0 Å². The van der Waals surface area contributed by atoms with E-state index in [1.54, 1.807) is 0 Å². The van der Waals surface area contributed by atoms with Crippen molar-refractivity contribution in [3.8, 4) is 0 Å². The summed E-state index contributed by atoms with van der Waals surface area (Å²) in [6.45, 7) is 4.87. The summed E-state index contributed by atoms with van der Waals surface area (Å²) >= 11 is 1.35. The van der Waals surface area contributed by atoms with Crippen molar-refractivity contribution in [2.45, 2.75) is 13.8 Å². The highest BCUT2D eigenvalue weighted by atomic mass is 32.2. The standard InChI is InChI=1S/C7H14N2O2S/c1-6(2)4-8-7(12-3)5-9(10)11/h5-6,8H,4H2,1-3H3. The van der Waals surface area contributed by atoms with Gasteiger partial charge in [0.15, 0.2) is 0 Å². The second kappa shape index (κ2) is 5.88. The number of hydrogen-bond acceptors (Lipinski definition) is 4. The van der Waals surface area contributed by atoms with Crippen molar-refractivity contribution in [2.75, 3.05) is 12.8 Å². The van der Waals surface area contributed by atoms with Crippen LogP contribution in [0.2, 0.25) is 0 Å². The minimum absolute atomic E-state index is 0.445. The Balaban J connectivity index is 3.91. The molecule has 1 N–H and O–H groups in total. The third-order valence-corrected chi connectivity index (χ3v) is 1.82. The molecule has 70 valence electrons. The van der Waals surface area contributed by atoms with Gasteiger partial charge < -0.3 is 5.32 Å². The molecule has 0 amide bonds. The summed E-state index contributed by atoms with van der Waals surface area (Å²) in [4.78, 5) is 9.64. The van der Waals surface area contributed by atoms with Gasteiger partial charge in [-0.1, -0.05) is 13.8 Å². The molecule has 0 aromatic rings. The maximum Gasteiger partial charge on any atom is 0.263 e. The molecule has 12 heavy (non-hydrogen) atoms. The van der Waals surface area contributed by atoms with E-state index in [9.17, 15) is 10.1 Å². The smallest absolute Gasteiger partial charge is 0.263 e. The zero-order valence-corrected chi connectivity index (χ0v) is 8.35. The molecule has 0 aromatic carbocycles. The summed E-state index contributed by atoms with van der Waals surface area (Å²) in [6.07, 6.45) is 2.80. The predicted octanol–water partition coefficient (Wildman–Crippen LogP) is 1.67. The Hall–Kier alpha value is -0.710. The Morgan fingerprint density at radius 2 is 2.33 bits per heavy atom. The molecule has 0 heterocycles. The van der Waals surface area contributed by atoms with Crippen molar-refractivity contribution < 1.29 is 4.92 Å². The normalized spacial score (nSPS) is 11.8. The van der Waals surface area contributed by atoms with Gasteiger partial charge in [0.05, 0.1) is 4.92 Å². The number of thioether (sulfide) groups is 1. The molecule has 0 radical (unpaired) electrons. The second-order valence-electron chi connectivity index (χ2n) is 2.76. The quantitative estimate of drug-likeness (QED) is 0.529. The van der Waals surface area contributed by atoms with Crippen LogP contribution in [-0.2, 0) is 0 Å². The first-order valence-electron chi connectivity index (χ1n) is 3.69. The molecule has 5 heteroatoms. The number of rotatable bonds is 5. The van der Waals surface area contributed by atoms with Gasteiger partial charge in [0.2, 0.25) is 0 Å². The molecule has 0 saturated heterocycles. The molecule has 0 bridgehead atoms. The van der Waals surface area contributed by atoms with Gasteiger partial charge in [-0.05, 0) is 12.2 Å². The van der Waals surface area contributed by atoms with Crippen LogP contribution in [0.25, 0.3) is 0 Å². The molecule has 0 unspecified atom stereocenters. The highest BCUT2D eigenvalue weighted by Gasteiger charge is 2.01. The first kappa shape index (κ1) is 11.3. The van der Waals surface area contributed by atoms with Crippen molar-refractivity contribution in [3.63, 3.8) is 0 Å². The molecule has 0 atom stereocenters. The Kier molecular flexibility index (Phi) is 5.53. The third kappa shape index (κ3) is 6.03. The van der Waals surface area contributed by atoms with E-state index in [-0.39, 0.29) is 0 Å². The molecule has 0 rings (SSSR count). The van der Waals surface area contributed by atoms with E-state index < -0.39 is 4.92 Å². The fourth-order valence-electron chi connectivity index (χ4n) is 0.571. The van der Waals surface area contributed by atoms with Crippen LogP contribution >= 0.6 is 11.8 Å². The highest BCUT2D eigenvalue weighted by Crippen LogP contribution is 2.07. The van der Waals surface area contributed by atoms with Gasteiger partial charge in [0.25, 0.3) is 6.20 Å². The topological polar surface area (TPSA) is 55.2 Å². The Labute approximate surface area is 76.6 Å². The third-order valence-electron chi connectivity index (χ3n) is 1.13. The lowest BCUT2D eigenvalue weighted by atomic mass is 10.2. The maximum absolute atomic E-state index is 10.1. The summed E-state index contributed by atoms with van der Waals surface area (Å²) in [5, 5.41) is 13.7. The minimum Gasteiger partial charge on any atom is -0.375 e. The van der Waals surface area contributed by atoms with Crippen LogP contribution in [-0.4, -0.2) is 17.7 Å². The fraction of sp³-hybridized carbons (Fsp3) is 0.714. The summed E-state index contributed by atoms with van der Waals surface area (Å²) < 4.78 is 0. The summed E-state index contributed by atoms with van der Waals surface area (Å²) in [7, 11) is 0. The first-order valence-corrected chi connectivity index (χ1v) is 4.92. The largest absolute Gasteiger partial charge is 0.375 e. The van der Waals surface area contributed by atoms with Gasteiger partial charge in [-0.3, -0.25) is 10.1 Å². The van der Waals surface area contributed by atoms with Gasteiger partial charge >= 0.3 is 0 Å². The Morgan fingerprint density at radius 1 is 1.75 bits per heavy atom. The van der Waals surface area contributed by atoms with Gasteiger partial charge in [-0.15, -0.1) is 11.8 Å².